The first kappa shape index (κ1) is 17.2. The second-order valence-corrected chi connectivity index (χ2v) is 6.64. The van der Waals surface area contributed by atoms with E-state index in [9.17, 15) is 9.59 Å². The number of carbonyl (C=O) groups excluding carboxylic acids is 1. The highest BCUT2D eigenvalue weighted by Gasteiger charge is 2.25. The van der Waals surface area contributed by atoms with Crippen molar-refractivity contribution in [3.63, 3.8) is 0 Å². The SMILES string of the molecule is CCc1cc(=O)n(CC(=O)N2CCc3ccccc32)c(-c2ccccc2)n1. The van der Waals surface area contributed by atoms with Crippen molar-refractivity contribution in [2.24, 2.45) is 0 Å². The van der Waals surface area contributed by atoms with E-state index in [4.69, 9.17) is 0 Å². The number of para-hydroxylation sites is 1. The first-order valence-electron chi connectivity index (χ1n) is 9.22. The molecule has 3 aromatic rings. The van der Waals surface area contributed by atoms with Crippen LogP contribution in [0.1, 0.15) is 18.2 Å². The number of hydrogen-bond acceptors (Lipinski definition) is 3. The van der Waals surface area contributed by atoms with Gasteiger partial charge in [0.1, 0.15) is 12.4 Å². The fourth-order valence-electron chi connectivity index (χ4n) is 3.51. The first-order valence-corrected chi connectivity index (χ1v) is 9.22. The van der Waals surface area contributed by atoms with Crippen LogP contribution >= 0.6 is 0 Å². The minimum atomic E-state index is -0.193. The number of nitrogens with zero attached hydrogens (tertiary/aromatic N) is 3. The molecular formula is C22H21N3O2. The Bertz CT molecular complexity index is 1040. The van der Waals surface area contributed by atoms with Crippen molar-refractivity contribution in [2.45, 2.75) is 26.3 Å². The molecule has 1 aliphatic heterocycles. The Hall–Kier alpha value is -3.21. The van der Waals surface area contributed by atoms with Crippen LogP contribution in [0.5, 0.6) is 0 Å². The zero-order valence-electron chi connectivity index (χ0n) is 15.3. The summed E-state index contributed by atoms with van der Waals surface area (Å²) in [6.07, 6.45) is 1.51. The summed E-state index contributed by atoms with van der Waals surface area (Å²) in [5.41, 5.74) is 3.48. The van der Waals surface area contributed by atoms with Crippen molar-refractivity contribution in [3.05, 3.63) is 82.3 Å². The van der Waals surface area contributed by atoms with Crippen LogP contribution in [-0.2, 0) is 24.2 Å². The number of aromatic nitrogens is 2. The summed E-state index contributed by atoms with van der Waals surface area (Å²) >= 11 is 0. The van der Waals surface area contributed by atoms with Crippen LogP contribution < -0.4 is 10.5 Å². The van der Waals surface area contributed by atoms with Crippen LogP contribution in [0.3, 0.4) is 0 Å². The number of anilines is 1. The van der Waals surface area contributed by atoms with E-state index in [1.165, 1.54) is 16.2 Å². The number of benzene rings is 2. The molecule has 0 saturated carbocycles. The predicted octanol–water partition coefficient (Wildman–Crippen LogP) is 3.06. The van der Waals surface area contributed by atoms with Gasteiger partial charge in [0.05, 0.1) is 0 Å². The Labute approximate surface area is 157 Å². The lowest BCUT2D eigenvalue weighted by atomic mass is 10.2. The minimum Gasteiger partial charge on any atom is -0.310 e. The van der Waals surface area contributed by atoms with E-state index >= 15 is 0 Å². The molecule has 2 heterocycles. The molecule has 2 aromatic carbocycles. The smallest absolute Gasteiger partial charge is 0.254 e. The highest BCUT2D eigenvalue weighted by molar-refractivity contribution is 5.95. The van der Waals surface area contributed by atoms with Gasteiger partial charge >= 0.3 is 0 Å². The molecule has 0 aliphatic carbocycles. The van der Waals surface area contributed by atoms with Gasteiger partial charge in [-0.05, 0) is 24.5 Å². The molecule has 5 heteroatoms. The summed E-state index contributed by atoms with van der Waals surface area (Å²) in [4.78, 5) is 32.2. The van der Waals surface area contributed by atoms with Gasteiger partial charge in [0.25, 0.3) is 5.56 Å². The minimum absolute atomic E-state index is 0.0195. The Morgan fingerprint density at radius 2 is 1.81 bits per heavy atom. The number of carbonyl (C=O) groups is 1. The Morgan fingerprint density at radius 1 is 1.07 bits per heavy atom. The van der Waals surface area contributed by atoms with Crippen LogP contribution in [0.25, 0.3) is 11.4 Å². The zero-order chi connectivity index (χ0) is 18.8. The van der Waals surface area contributed by atoms with Gasteiger partial charge in [0, 0.05) is 29.6 Å². The monoisotopic (exact) mass is 359 g/mol. The third-order valence-electron chi connectivity index (χ3n) is 4.94. The molecule has 0 radical (unpaired) electrons. The fraction of sp³-hybridized carbons (Fsp3) is 0.227. The van der Waals surface area contributed by atoms with Gasteiger partial charge in [0.2, 0.25) is 5.91 Å². The number of aryl methyl sites for hydroxylation is 1. The molecule has 5 nitrogen and oxygen atoms in total. The molecule has 0 N–H and O–H groups in total. The third kappa shape index (κ3) is 3.28. The molecule has 1 aliphatic rings. The van der Waals surface area contributed by atoms with E-state index in [1.807, 2.05) is 61.5 Å². The lowest BCUT2D eigenvalue weighted by Crippen LogP contribution is -2.36. The van der Waals surface area contributed by atoms with Gasteiger partial charge in [-0.1, -0.05) is 55.5 Å². The molecule has 4 rings (SSSR count). The molecule has 27 heavy (non-hydrogen) atoms. The molecule has 1 amide bonds. The Kier molecular flexibility index (Phi) is 4.59. The maximum absolute atomic E-state index is 13.0. The first-order chi connectivity index (χ1) is 13.2. The van der Waals surface area contributed by atoms with Crippen molar-refractivity contribution in [1.82, 2.24) is 9.55 Å². The van der Waals surface area contributed by atoms with Crippen LogP contribution in [0.2, 0.25) is 0 Å². The predicted molar refractivity (Wildman–Crippen MR) is 106 cm³/mol. The number of amides is 1. The summed E-state index contributed by atoms with van der Waals surface area (Å²) in [5, 5.41) is 0. The standard InChI is InChI=1S/C22H21N3O2/c1-2-18-14-20(26)25(22(23-18)17-9-4-3-5-10-17)15-21(27)24-13-12-16-8-6-7-11-19(16)24/h3-11,14H,2,12-13,15H2,1H3. The van der Waals surface area contributed by atoms with Gasteiger partial charge in [-0.25, -0.2) is 4.98 Å². The molecule has 0 atom stereocenters. The normalized spacial score (nSPS) is 12.9. The quantitative estimate of drug-likeness (QED) is 0.719. The number of rotatable bonds is 4. The molecule has 0 unspecified atom stereocenters. The lowest BCUT2D eigenvalue weighted by molar-refractivity contribution is -0.119. The van der Waals surface area contributed by atoms with Crippen LogP contribution in [0.4, 0.5) is 5.69 Å². The van der Waals surface area contributed by atoms with Crippen molar-refractivity contribution in [3.8, 4) is 11.4 Å². The molecule has 0 spiro atoms. The van der Waals surface area contributed by atoms with E-state index in [2.05, 4.69) is 4.98 Å². The summed E-state index contributed by atoms with van der Waals surface area (Å²) < 4.78 is 1.48. The molecular weight excluding hydrogens is 338 g/mol. The summed E-state index contributed by atoms with van der Waals surface area (Å²) in [6.45, 7) is 2.59. The molecule has 0 fully saturated rings. The average Bonchev–Trinajstić information content (AvgIpc) is 3.14. The van der Waals surface area contributed by atoms with Gasteiger partial charge in [-0.2, -0.15) is 0 Å². The highest BCUT2D eigenvalue weighted by atomic mass is 16.2. The van der Waals surface area contributed by atoms with Crippen LogP contribution in [0.15, 0.2) is 65.5 Å². The van der Waals surface area contributed by atoms with Crippen LogP contribution in [-0.4, -0.2) is 22.0 Å². The Morgan fingerprint density at radius 3 is 2.59 bits per heavy atom. The third-order valence-corrected chi connectivity index (χ3v) is 4.94. The van der Waals surface area contributed by atoms with Gasteiger partial charge in [-0.15, -0.1) is 0 Å². The van der Waals surface area contributed by atoms with Gasteiger partial charge < -0.3 is 4.90 Å². The topological polar surface area (TPSA) is 55.2 Å². The summed E-state index contributed by atoms with van der Waals surface area (Å²) in [5.74, 6) is 0.450. The summed E-state index contributed by atoms with van der Waals surface area (Å²) in [7, 11) is 0. The second kappa shape index (κ2) is 7.19. The Balaban J connectivity index is 1.72. The average molecular weight is 359 g/mol. The van der Waals surface area contributed by atoms with Crippen molar-refractivity contribution in [1.29, 1.82) is 0 Å². The largest absolute Gasteiger partial charge is 0.310 e. The second-order valence-electron chi connectivity index (χ2n) is 6.64. The van der Waals surface area contributed by atoms with E-state index in [-0.39, 0.29) is 18.0 Å². The van der Waals surface area contributed by atoms with Crippen LogP contribution in [0, 0.1) is 0 Å². The van der Waals surface area contributed by atoms with E-state index in [0.29, 0.717) is 18.8 Å². The van der Waals surface area contributed by atoms with Crippen molar-refractivity contribution in [2.75, 3.05) is 11.4 Å². The van der Waals surface area contributed by atoms with E-state index in [0.717, 1.165) is 23.4 Å². The maximum atomic E-state index is 13.0. The maximum Gasteiger partial charge on any atom is 0.254 e. The summed E-state index contributed by atoms with van der Waals surface area (Å²) in [6, 6.07) is 19.0. The number of fused-ring (bicyclic) bond motifs is 1. The van der Waals surface area contributed by atoms with Gasteiger partial charge in [-0.3, -0.25) is 14.2 Å². The molecule has 0 bridgehead atoms. The molecule has 0 saturated heterocycles. The molecule has 1 aromatic heterocycles. The van der Waals surface area contributed by atoms with E-state index < -0.39 is 0 Å². The number of hydrogen-bond donors (Lipinski definition) is 0. The zero-order valence-corrected chi connectivity index (χ0v) is 15.3. The molecule has 136 valence electrons. The van der Waals surface area contributed by atoms with Crippen molar-refractivity contribution < 1.29 is 4.79 Å². The fourth-order valence-corrected chi connectivity index (χ4v) is 3.51. The lowest BCUT2D eigenvalue weighted by Gasteiger charge is -2.19. The van der Waals surface area contributed by atoms with E-state index in [1.54, 1.807) is 4.90 Å². The van der Waals surface area contributed by atoms with Gasteiger partial charge in [0.15, 0.2) is 0 Å². The highest BCUT2D eigenvalue weighted by Crippen LogP contribution is 2.27. The van der Waals surface area contributed by atoms with Crippen molar-refractivity contribution >= 4 is 11.6 Å².